The molecular weight excluding hydrogens is 278 g/mol. The number of aliphatic carboxylic acids is 1. The van der Waals surface area contributed by atoms with Crippen LogP contribution in [0.25, 0.3) is 0 Å². The Morgan fingerprint density at radius 1 is 1.50 bits per heavy atom. The molecule has 1 heterocycles. The fourth-order valence-corrected chi connectivity index (χ4v) is 2.47. The van der Waals surface area contributed by atoms with Gasteiger partial charge < -0.3 is 15.3 Å². The van der Waals surface area contributed by atoms with Gasteiger partial charge in [-0.2, -0.15) is 0 Å². The topological polar surface area (TPSA) is 82.5 Å². The summed E-state index contributed by atoms with van der Waals surface area (Å²) >= 11 is 1.45. The molecule has 6 nitrogen and oxygen atoms in total. The van der Waals surface area contributed by atoms with E-state index in [-0.39, 0.29) is 18.5 Å². The van der Waals surface area contributed by atoms with Gasteiger partial charge in [-0.25, -0.2) is 9.78 Å². The molecule has 0 saturated heterocycles. The molecule has 0 saturated carbocycles. The zero-order valence-electron chi connectivity index (χ0n) is 12.2. The number of nitrogens with one attached hydrogen (secondary N) is 1. The molecule has 0 aromatic carbocycles. The van der Waals surface area contributed by atoms with Crippen LogP contribution in [0.5, 0.6) is 0 Å². The third kappa shape index (κ3) is 4.80. The van der Waals surface area contributed by atoms with E-state index in [9.17, 15) is 9.59 Å². The van der Waals surface area contributed by atoms with Crippen molar-refractivity contribution in [3.8, 4) is 0 Å². The lowest BCUT2D eigenvalue weighted by Gasteiger charge is -2.29. The van der Waals surface area contributed by atoms with E-state index in [0.29, 0.717) is 6.54 Å². The smallest absolute Gasteiger partial charge is 0.323 e. The van der Waals surface area contributed by atoms with E-state index in [1.165, 1.54) is 16.2 Å². The fraction of sp³-hybridized carbons (Fsp3) is 0.615. The van der Waals surface area contributed by atoms with Crippen LogP contribution in [-0.4, -0.2) is 40.1 Å². The Bertz CT molecular complexity index is 457. The van der Waals surface area contributed by atoms with Crippen molar-refractivity contribution in [1.29, 1.82) is 0 Å². The van der Waals surface area contributed by atoms with Crippen molar-refractivity contribution in [3.63, 3.8) is 0 Å². The second kappa shape index (κ2) is 6.69. The number of thiazole rings is 1. The van der Waals surface area contributed by atoms with Crippen molar-refractivity contribution < 1.29 is 14.7 Å². The number of carboxylic acids is 1. The van der Waals surface area contributed by atoms with Gasteiger partial charge in [0.2, 0.25) is 0 Å². The molecule has 0 aliphatic carbocycles. The Morgan fingerprint density at radius 2 is 2.15 bits per heavy atom. The normalized spacial score (nSPS) is 11.4. The lowest BCUT2D eigenvalue weighted by Crippen LogP contribution is -2.50. The molecule has 0 radical (unpaired) electrons. The Hall–Kier alpha value is -1.63. The molecule has 2 N–H and O–H groups in total. The quantitative estimate of drug-likeness (QED) is 0.843. The summed E-state index contributed by atoms with van der Waals surface area (Å²) in [5.74, 6) is -0.823. The average molecular weight is 299 g/mol. The molecule has 0 spiro atoms. The van der Waals surface area contributed by atoms with Crippen molar-refractivity contribution in [2.75, 3.05) is 13.1 Å². The number of carbonyl (C=O) groups excluding carboxylic acids is 1. The van der Waals surface area contributed by atoms with Gasteiger partial charge in [-0.3, -0.25) is 4.79 Å². The average Bonchev–Trinajstić information content (AvgIpc) is 2.79. The number of hydrogen-bond donors (Lipinski definition) is 2. The standard InChI is InChI=1S/C13H21N3O3S/c1-9(2)7-16(8-10(17)18)12(19)15-13(3,4)11-14-5-6-20-11/h5-6,9H,7-8H2,1-4H3,(H,15,19)(H,17,18). The third-order valence-electron chi connectivity index (χ3n) is 2.59. The van der Waals surface area contributed by atoms with Gasteiger partial charge >= 0.3 is 12.0 Å². The van der Waals surface area contributed by atoms with Crippen LogP contribution in [-0.2, 0) is 10.3 Å². The van der Waals surface area contributed by atoms with Crippen molar-refractivity contribution in [2.24, 2.45) is 5.92 Å². The molecule has 20 heavy (non-hydrogen) atoms. The first-order chi connectivity index (χ1) is 9.22. The highest BCUT2D eigenvalue weighted by molar-refractivity contribution is 7.09. The summed E-state index contributed by atoms with van der Waals surface area (Å²) in [6.45, 7) is 7.66. The fourth-order valence-electron chi connectivity index (χ4n) is 1.76. The van der Waals surface area contributed by atoms with E-state index in [1.807, 2.05) is 33.1 Å². The minimum atomic E-state index is -1.02. The minimum absolute atomic E-state index is 0.197. The molecule has 2 amide bonds. The number of urea groups is 1. The summed E-state index contributed by atoms with van der Waals surface area (Å²) in [6, 6.07) is -0.388. The molecule has 1 aromatic heterocycles. The van der Waals surface area contributed by atoms with Crippen molar-refractivity contribution in [1.82, 2.24) is 15.2 Å². The summed E-state index contributed by atoms with van der Waals surface area (Å²) in [5, 5.41) is 14.4. The van der Waals surface area contributed by atoms with Crippen LogP contribution in [0.4, 0.5) is 4.79 Å². The monoisotopic (exact) mass is 299 g/mol. The van der Waals surface area contributed by atoms with E-state index in [1.54, 1.807) is 6.20 Å². The summed E-state index contributed by atoms with van der Waals surface area (Å²) < 4.78 is 0. The van der Waals surface area contributed by atoms with E-state index in [0.717, 1.165) is 5.01 Å². The van der Waals surface area contributed by atoms with Gasteiger partial charge in [0.15, 0.2) is 0 Å². The zero-order valence-corrected chi connectivity index (χ0v) is 13.0. The van der Waals surface area contributed by atoms with Gasteiger partial charge in [-0.05, 0) is 19.8 Å². The Labute approximate surface area is 122 Å². The summed E-state index contributed by atoms with van der Waals surface area (Å²) in [7, 11) is 0. The molecule has 1 aromatic rings. The molecule has 0 atom stereocenters. The second-order valence-corrected chi connectivity index (χ2v) is 6.46. The van der Waals surface area contributed by atoms with Gasteiger partial charge in [-0.1, -0.05) is 13.8 Å². The van der Waals surface area contributed by atoms with Crippen LogP contribution in [0.15, 0.2) is 11.6 Å². The lowest BCUT2D eigenvalue weighted by atomic mass is 10.1. The van der Waals surface area contributed by atoms with Gasteiger partial charge in [0, 0.05) is 18.1 Å². The molecule has 0 fully saturated rings. The van der Waals surface area contributed by atoms with Crippen molar-refractivity contribution in [3.05, 3.63) is 16.6 Å². The van der Waals surface area contributed by atoms with Gasteiger partial charge in [0.05, 0.1) is 5.54 Å². The van der Waals surface area contributed by atoms with Crippen LogP contribution in [0, 0.1) is 5.92 Å². The molecule has 0 aliphatic heterocycles. The molecule has 0 aliphatic rings. The maximum atomic E-state index is 12.3. The largest absolute Gasteiger partial charge is 0.480 e. The maximum absolute atomic E-state index is 12.3. The molecule has 112 valence electrons. The lowest BCUT2D eigenvalue weighted by molar-refractivity contribution is -0.137. The molecular formula is C13H21N3O3S. The van der Waals surface area contributed by atoms with Gasteiger partial charge in [-0.15, -0.1) is 11.3 Å². The van der Waals surface area contributed by atoms with Gasteiger partial charge in [0.1, 0.15) is 11.6 Å². The Morgan fingerprint density at radius 3 is 2.60 bits per heavy atom. The Balaban J connectivity index is 2.77. The SMILES string of the molecule is CC(C)CN(CC(=O)O)C(=O)NC(C)(C)c1nccs1. The van der Waals surface area contributed by atoms with Crippen LogP contribution in [0.2, 0.25) is 0 Å². The van der Waals surface area contributed by atoms with Crippen LogP contribution < -0.4 is 5.32 Å². The number of aromatic nitrogens is 1. The van der Waals surface area contributed by atoms with E-state index >= 15 is 0 Å². The highest BCUT2D eigenvalue weighted by Gasteiger charge is 2.28. The predicted octanol–water partition coefficient (Wildman–Crippen LogP) is 2.13. The van der Waals surface area contributed by atoms with Crippen LogP contribution in [0.1, 0.15) is 32.7 Å². The predicted molar refractivity (Wildman–Crippen MR) is 77.7 cm³/mol. The first kappa shape index (κ1) is 16.4. The number of rotatable bonds is 6. The summed E-state index contributed by atoms with van der Waals surface area (Å²) in [5.41, 5.74) is -0.626. The summed E-state index contributed by atoms with van der Waals surface area (Å²) in [6.07, 6.45) is 1.68. The van der Waals surface area contributed by atoms with Crippen molar-refractivity contribution in [2.45, 2.75) is 33.2 Å². The molecule has 1 rings (SSSR count). The number of carbonyl (C=O) groups is 2. The van der Waals surface area contributed by atoms with E-state index in [4.69, 9.17) is 5.11 Å². The first-order valence-corrected chi connectivity index (χ1v) is 7.29. The highest BCUT2D eigenvalue weighted by Crippen LogP contribution is 2.22. The first-order valence-electron chi connectivity index (χ1n) is 6.41. The summed E-state index contributed by atoms with van der Waals surface area (Å²) in [4.78, 5) is 28.6. The number of amides is 2. The number of hydrogen-bond acceptors (Lipinski definition) is 4. The van der Waals surface area contributed by atoms with Crippen LogP contribution in [0.3, 0.4) is 0 Å². The second-order valence-electron chi connectivity index (χ2n) is 5.56. The maximum Gasteiger partial charge on any atom is 0.323 e. The molecule has 0 bridgehead atoms. The van der Waals surface area contributed by atoms with Gasteiger partial charge in [0.25, 0.3) is 0 Å². The zero-order chi connectivity index (χ0) is 15.3. The number of nitrogens with zero attached hydrogens (tertiary/aromatic N) is 2. The minimum Gasteiger partial charge on any atom is -0.480 e. The van der Waals surface area contributed by atoms with E-state index < -0.39 is 11.5 Å². The molecule has 0 unspecified atom stereocenters. The number of carboxylic acid groups (broad SMARTS) is 1. The third-order valence-corrected chi connectivity index (χ3v) is 3.68. The van der Waals surface area contributed by atoms with Crippen molar-refractivity contribution >= 4 is 23.3 Å². The highest BCUT2D eigenvalue weighted by atomic mass is 32.1. The Kier molecular flexibility index (Phi) is 5.50. The van der Waals surface area contributed by atoms with E-state index in [2.05, 4.69) is 10.3 Å². The van der Waals surface area contributed by atoms with Crippen LogP contribution >= 0.6 is 11.3 Å². The molecule has 7 heteroatoms.